The highest BCUT2D eigenvalue weighted by Gasteiger charge is 2.42. The van der Waals surface area contributed by atoms with E-state index in [2.05, 4.69) is 21.7 Å². The van der Waals surface area contributed by atoms with Crippen LogP contribution >= 0.6 is 0 Å². The molecule has 2 aromatic rings. The SMILES string of the molecule is Cn1cc(-c2ccc(C[C@@H](C#N)NC(=O)C3(NC(=O)OC(C)(C)C)CCCCC3)cc2)ncc1=O. The Labute approximate surface area is 205 Å². The number of benzene rings is 1. The Balaban J connectivity index is 1.69. The second-order valence-electron chi connectivity index (χ2n) is 10.0. The highest BCUT2D eigenvalue weighted by atomic mass is 16.6. The number of hydrogen-bond acceptors (Lipinski definition) is 6. The molecule has 9 heteroatoms. The highest BCUT2D eigenvalue weighted by molar-refractivity contribution is 5.90. The first kappa shape index (κ1) is 25.9. The number of carbonyl (C=O) groups excluding carboxylic acids is 2. The summed E-state index contributed by atoms with van der Waals surface area (Å²) in [6, 6.07) is 8.87. The largest absolute Gasteiger partial charge is 0.444 e. The fourth-order valence-electron chi connectivity index (χ4n) is 4.18. The molecule has 186 valence electrons. The fraction of sp³-hybridized carbons (Fsp3) is 0.500. The molecule has 1 heterocycles. The van der Waals surface area contributed by atoms with Crippen LogP contribution in [-0.2, 0) is 23.0 Å². The van der Waals surface area contributed by atoms with Crippen LogP contribution in [0.3, 0.4) is 0 Å². The molecule has 1 aliphatic rings. The van der Waals surface area contributed by atoms with E-state index >= 15 is 0 Å². The molecule has 1 fully saturated rings. The van der Waals surface area contributed by atoms with Crippen LogP contribution in [0.15, 0.2) is 41.5 Å². The van der Waals surface area contributed by atoms with Crippen LogP contribution in [0.4, 0.5) is 4.79 Å². The van der Waals surface area contributed by atoms with Crippen molar-refractivity contribution < 1.29 is 14.3 Å². The number of carbonyl (C=O) groups is 2. The molecule has 0 radical (unpaired) electrons. The Hall–Kier alpha value is -3.67. The summed E-state index contributed by atoms with van der Waals surface area (Å²) < 4.78 is 6.85. The number of ether oxygens (including phenoxy) is 1. The van der Waals surface area contributed by atoms with Crippen LogP contribution in [0.25, 0.3) is 11.3 Å². The van der Waals surface area contributed by atoms with Gasteiger partial charge in [-0.05, 0) is 39.2 Å². The third kappa shape index (κ3) is 6.92. The molecule has 2 amide bonds. The predicted molar refractivity (Wildman–Crippen MR) is 131 cm³/mol. The number of amides is 2. The Morgan fingerprint density at radius 1 is 1.20 bits per heavy atom. The Morgan fingerprint density at radius 2 is 1.86 bits per heavy atom. The van der Waals surface area contributed by atoms with Gasteiger partial charge in [-0.1, -0.05) is 43.5 Å². The first-order chi connectivity index (χ1) is 16.5. The maximum atomic E-state index is 13.3. The maximum Gasteiger partial charge on any atom is 0.408 e. The number of aryl methyl sites for hydroxylation is 1. The van der Waals surface area contributed by atoms with Gasteiger partial charge in [0.25, 0.3) is 5.56 Å². The Bertz CT molecular complexity index is 1150. The minimum Gasteiger partial charge on any atom is -0.444 e. The van der Waals surface area contributed by atoms with E-state index in [0.29, 0.717) is 25.0 Å². The molecule has 1 aromatic heterocycles. The van der Waals surface area contributed by atoms with Crippen LogP contribution in [0.2, 0.25) is 0 Å². The van der Waals surface area contributed by atoms with E-state index in [1.165, 1.54) is 10.8 Å². The molecule has 0 aliphatic heterocycles. The van der Waals surface area contributed by atoms with Crippen molar-refractivity contribution in [1.82, 2.24) is 20.2 Å². The smallest absolute Gasteiger partial charge is 0.408 e. The number of alkyl carbamates (subject to hydrolysis) is 1. The van der Waals surface area contributed by atoms with Crippen molar-refractivity contribution in [2.45, 2.75) is 76.5 Å². The minimum atomic E-state index is -1.09. The Kier molecular flexibility index (Phi) is 7.95. The zero-order valence-electron chi connectivity index (χ0n) is 20.8. The molecule has 1 atom stereocenters. The molecule has 1 aromatic carbocycles. The topological polar surface area (TPSA) is 126 Å². The summed E-state index contributed by atoms with van der Waals surface area (Å²) >= 11 is 0. The lowest BCUT2D eigenvalue weighted by Gasteiger charge is -2.37. The van der Waals surface area contributed by atoms with Gasteiger partial charge in [0.15, 0.2) is 0 Å². The molecule has 35 heavy (non-hydrogen) atoms. The lowest BCUT2D eigenvalue weighted by atomic mass is 9.80. The first-order valence-electron chi connectivity index (χ1n) is 11.9. The monoisotopic (exact) mass is 479 g/mol. The van der Waals surface area contributed by atoms with Gasteiger partial charge >= 0.3 is 6.09 Å². The van der Waals surface area contributed by atoms with Crippen molar-refractivity contribution in [3.8, 4) is 17.3 Å². The molecular weight excluding hydrogens is 446 g/mol. The van der Waals surface area contributed by atoms with Crippen LogP contribution in [0.5, 0.6) is 0 Å². The summed E-state index contributed by atoms with van der Waals surface area (Å²) in [5, 5.41) is 15.4. The van der Waals surface area contributed by atoms with Crippen molar-refractivity contribution in [2.75, 3.05) is 0 Å². The zero-order chi connectivity index (χ0) is 25.6. The number of aromatic nitrogens is 2. The van der Waals surface area contributed by atoms with Crippen LogP contribution in [0, 0.1) is 11.3 Å². The summed E-state index contributed by atoms with van der Waals surface area (Å²) in [7, 11) is 1.67. The predicted octanol–water partition coefficient (Wildman–Crippen LogP) is 3.23. The van der Waals surface area contributed by atoms with E-state index in [1.807, 2.05) is 24.3 Å². The third-order valence-corrected chi connectivity index (χ3v) is 6.01. The summed E-state index contributed by atoms with van der Waals surface area (Å²) in [6.07, 6.45) is 6.21. The zero-order valence-corrected chi connectivity index (χ0v) is 20.8. The van der Waals surface area contributed by atoms with Gasteiger partial charge in [0.2, 0.25) is 5.91 Å². The average molecular weight is 480 g/mol. The molecule has 0 bridgehead atoms. The van der Waals surface area contributed by atoms with E-state index in [-0.39, 0.29) is 11.5 Å². The standard InChI is InChI=1S/C26H33N5O4/c1-25(2,3)35-24(34)30-26(12-6-5-7-13-26)23(33)29-20(15-27)14-18-8-10-19(11-9-18)21-17-31(4)22(32)16-28-21/h8-11,16-17,20H,5-7,12-14H2,1-4H3,(H,29,33)(H,30,34)/t20-/m0/s1. The normalized spacial score (nSPS) is 16.0. The summed E-state index contributed by atoms with van der Waals surface area (Å²) in [6.45, 7) is 5.31. The molecule has 2 N–H and O–H groups in total. The lowest BCUT2D eigenvalue weighted by Crippen LogP contribution is -2.61. The van der Waals surface area contributed by atoms with Gasteiger partial charge in [-0.3, -0.25) is 9.59 Å². The van der Waals surface area contributed by atoms with Gasteiger partial charge in [0.1, 0.15) is 17.2 Å². The lowest BCUT2D eigenvalue weighted by molar-refractivity contribution is -0.129. The van der Waals surface area contributed by atoms with Gasteiger partial charge in [0, 0.05) is 25.2 Å². The van der Waals surface area contributed by atoms with Gasteiger partial charge < -0.3 is 19.9 Å². The molecular formula is C26H33N5O4. The van der Waals surface area contributed by atoms with Gasteiger partial charge in [-0.2, -0.15) is 5.26 Å². The van der Waals surface area contributed by atoms with Crippen molar-refractivity contribution in [2.24, 2.45) is 7.05 Å². The number of nitrogens with zero attached hydrogens (tertiary/aromatic N) is 3. The van der Waals surface area contributed by atoms with Crippen molar-refractivity contribution >= 4 is 12.0 Å². The van der Waals surface area contributed by atoms with Crippen LogP contribution in [-0.4, -0.2) is 38.7 Å². The average Bonchev–Trinajstić information content (AvgIpc) is 2.80. The number of rotatable bonds is 6. The fourth-order valence-corrected chi connectivity index (χ4v) is 4.18. The molecule has 1 saturated carbocycles. The quantitative estimate of drug-likeness (QED) is 0.655. The van der Waals surface area contributed by atoms with Crippen molar-refractivity contribution in [1.29, 1.82) is 5.26 Å². The molecule has 3 rings (SSSR count). The molecule has 1 aliphatic carbocycles. The van der Waals surface area contributed by atoms with Crippen LogP contribution < -0.4 is 16.2 Å². The van der Waals surface area contributed by atoms with Gasteiger partial charge in [0.05, 0.1) is 18.0 Å². The van der Waals surface area contributed by atoms with Crippen molar-refractivity contribution in [3.05, 3.63) is 52.6 Å². The number of nitrogens with one attached hydrogen (secondary N) is 2. The molecule has 9 nitrogen and oxygen atoms in total. The number of nitriles is 1. The highest BCUT2D eigenvalue weighted by Crippen LogP contribution is 2.29. The molecule has 0 spiro atoms. The van der Waals surface area contributed by atoms with E-state index in [0.717, 1.165) is 30.4 Å². The summed E-state index contributed by atoms with van der Waals surface area (Å²) in [4.78, 5) is 41.5. The maximum absolute atomic E-state index is 13.3. The minimum absolute atomic E-state index is 0.185. The summed E-state index contributed by atoms with van der Waals surface area (Å²) in [5.74, 6) is -0.361. The van der Waals surface area contributed by atoms with Crippen LogP contribution in [0.1, 0.15) is 58.4 Å². The van der Waals surface area contributed by atoms with Gasteiger partial charge in [-0.25, -0.2) is 9.78 Å². The third-order valence-electron chi connectivity index (χ3n) is 6.01. The summed E-state index contributed by atoms with van der Waals surface area (Å²) in [5.41, 5.74) is 0.412. The van der Waals surface area contributed by atoms with E-state index < -0.39 is 23.3 Å². The first-order valence-corrected chi connectivity index (χ1v) is 11.9. The second kappa shape index (κ2) is 10.7. The van der Waals surface area contributed by atoms with Crippen molar-refractivity contribution in [3.63, 3.8) is 0 Å². The molecule has 0 saturated heterocycles. The van der Waals surface area contributed by atoms with E-state index in [1.54, 1.807) is 34.0 Å². The molecule has 0 unspecified atom stereocenters. The number of hydrogen-bond donors (Lipinski definition) is 2. The van der Waals surface area contributed by atoms with E-state index in [9.17, 15) is 19.6 Å². The van der Waals surface area contributed by atoms with Gasteiger partial charge in [-0.15, -0.1) is 0 Å². The second-order valence-corrected chi connectivity index (χ2v) is 10.0. The van der Waals surface area contributed by atoms with E-state index in [4.69, 9.17) is 4.74 Å². The Morgan fingerprint density at radius 3 is 2.43 bits per heavy atom.